The van der Waals surface area contributed by atoms with Crippen molar-refractivity contribution < 1.29 is 28.7 Å². The van der Waals surface area contributed by atoms with Crippen LogP contribution in [-0.4, -0.2) is 54.9 Å². The van der Waals surface area contributed by atoms with Crippen LogP contribution >= 0.6 is 0 Å². The lowest BCUT2D eigenvalue weighted by atomic mass is 10.1. The van der Waals surface area contributed by atoms with Gasteiger partial charge in [0, 0.05) is 5.56 Å². The quantitative estimate of drug-likeness (QED) is 0.442. The number of ketones is 1. The van der Waals surface area contributed by atoms with E-state index < -0.39 is 24.5 Å². The number of esters is 1. The van der Waals surface area contributed by atoms with E-state index in [0.717, 1.165) is 4.90 Å². The summed E-state index contributed by atoms with van der Waals surface area (Å²) in [6.45, 7) is 1.37. The van der Waals surface area contributed by atoms with Crippen LogP contribution in [0, 0.1) is 0 Å². The van der Waals surface area contributed by atoms with Crippen molar-refractivity contribution in [2.24, 2.45) is 0 Å². The predicted molar refractivity (Wildman–Crippen MR) is 78.0 cm³/mol. The van der Waals surface area contributed by atoms with Crippen LogP contribution in [0.2, 0.25) is 0 Å². The highest BCUT2D eigenvalue weighted by Gasteiger charge is 2.28. The van der Waals surface area contributed by atoms with Crippen LogP contribution in [0.3, 0.4) is 0 Å². The van der Waals surface area contributed by atoms with Gasteiger partial charge in [0.15, 0.2) is 12.4 Å². The van der Waals surface area contributed by atoms with Gasteiger partial charge >= 0.3 is 12.0 Å². The monoisotopic (exact) mass is 320 g/mol. The number of hydrogen-bond acceptors (Lipinski definition) is 6. The largest absolute Gasteiger partial charge is 0.494 e. The van der Waals surface area contributed by atoms with Crippen LogP contribution < -0.4 is 10.1 Å². The number of nitrogens with zero attached hydrogens (tertiary/aromatic N) is 1. The zero-order chi connectivity index (χ0) is 16.8. The molecule has 1 heterocycles. The van der Waals surface area contributed by atoms with E-state index >= 15 is 0 Å². The van der Waals surface area contributed by atoms with Gasteiger partial charge in [-0.2, -0.15) is 0 Å². The van der Waals surface area contributed by atoms with E-state index in [1.807, 2.05) is 12.2 Å². The summed E-state index contributed by atoms with van der Waals surface area (Å²) in [5.74, 6) is -0.962. The fraction of sp³-hybridized carbons (Fsp3) is 0.333. The Hall–Kier alpha value is -2.90. The standard InChI is InChI=1S/C15H16N2O6/c1-2-22-11-5-3-10(4-6-11)12(18)9-23-14(20)8-17-7-13(19)16-15(17)21/h3-6H,2,7-9H2,1H3,(H,16,19,21). The summed E-state index contributed by atoms with van der Waals surface area (Å²) in [5, 5.41) is 2.04. The maximum atomic E-state index is 11.9. The third kappa shape index (κ3) is 4.53. The van der Waals surface area contributed by atoms with Crippen LogP contribution in [0.25, 0.3) is 0 Å². The number of ether oxygens (including phenoxy) is 2. The minimum absolute atomic E-state index is 0.194. The number of rotatable bonds is 7. The molecule has 0 unspecified atom stereocenters. The number of benzene rings is 1. The van der Waals surface area contributed by atoms with Gasteiger partial charge in [-0.15, -0.1) is 0 Å². The summed E-state index contributed by atoms with van der Waals surface area (Å²) in [6.07, 6.45) is 0. The Morgan fingerprint density at radius 3 is 2.48 bits per heavy atom. The first kappa shape index (κ1) is 16.5. The molecular weight excluding hydrogens is 304 g/mol. The summed E-state index contributed by atoms with van der Waals surface area (Å²) in [5.41, 5.74) is 0.385. The number of urea groups is 1. The molecule has 1 aliphatic heterocycles. The van der Waals surface area contributed by atoms with Crippen LogP contribution in [-0.2, 0) is 14.3 Å². The van der Waals surface area contributed by atoms with Crippen molar-refractivity contribution in [2.75, 3.05) is 26.3 Å². The average molecular weight is 320 g/mol. The summed E-state index contributed by atoms with van der Waals surface area (Å²) in [4.78, 5) is 46.8. The van der Waals surface area contributed by atoms with Crippen molar-refractivity contribution >= 4 is 23.7 Å². The van der Waals surface area contributed by atoms with Gasteiger partial charge < -0.3 is 14.4 Å². The number of hydrogen-bond donors (Lipinski definition) is 1. The highest BCUT2D eigenvalue weighted by molar-refractivity contribution is 6.03. The Morgan fingerprint density at radius 2 is 1.91 bits per heavy atom. The Kier molecular flexibility index (Phi) is 5.29. The van der Waals surface area contributed by atoms with Gasteiger partial charge in [0.05, 0.1) is 6.61 Å². The van der Waals surface area contributed by atoms with E-state index in [0.29, 0.717) is 17.9 Å². The van der Waals surface area contributed by atoms with Crippen molar-refractivity contribution in [1.29, 1.82) is 0 Å². The first-order valence-electron chi connectivity index (χ1n) is 7.00. The molecule has 0 spiro atoms. The van der Waals surface area contributed by atoms with E-state index in [1.165, 1.54) is 0 Å². The van der Waals surface area contributed by atoms with Crippen molar-refractivity contribution in [2.45, 2.75) is 6.92 Å². The predicted octanol–water partition coefficient (Wildman–Crippen LogP) is 0.363. The molecule has 0 radical (unpaired) electrons. The van der Waals surface area contributed by atoms with Crippen LogP contribution in [0.5, 0.6) is 5.75 Å². The van der Waals surface area contributed by atoms with Crippen LogP contribution in [0.15, 0.2) is 24.3 Å². The van der Waals surface area contributed by atoms with Gasteiger partial charge in [0.1, 0.15) is 18.8 Å². The molecule has 3 amide bonds. The smallest absolute Gasteiger partial charge is 0.326 e. The number of imide groups is 1. The highest BCUT2D eigenvalue weighted by atomic mass is 16.5. The second kappa shape index (κ2) is 7.39. The second-order valence-corrected chi connectivity index (χ2v) is 4.75. The molecule has 8 heteroatoms. The molecule has 0 bridgehead atoms. The zero-order valence-electron chi connectivity index (χ0n) is 12.5. The summed E-state index contributed by atoms with van der Waals surface area (Å²) < 4.78 is 10.1. The zero-order valence-corrected chi connectivity index (χ0v) is 12.5. The lowest BCUT2D eigenvalue weighted by Crippen LogP contribution is -2.34. The number of nitrogens with one attached hydrogen (secondary N) is 1. The van der Waals surface area contributed by atoms with Crippen molar-refractivity contribution in [1.82, 2.24) is 10.2 Å². The van der Waals surface area contributed by atoms with E-state index in [4.69, 9.17) is 9.47 Å². The molecule has 1 fully saturated rings. The number of carbonyl (C=O) groups is 4. The number of carbonyl (C=O) groups excluding carboxylic acids is 4. The minimum atomic E-state index is -0.755. The molecule has 0 aliphatic carbocycles. The molecular formula is C15H16N2O6. The van der Waals surface area contributed by atoms with Gasteiger partial charge in [-0.25, -0.2) is 4.79 Å². The maximum absolute atomic E-state index is 11.9. The Morgan fingerprint density at radius 1 is 1.22 bits per heavy atom. The minimum Gasteiger partial charge on any atom is -0.494 e. The van der Waals surface area contributed by atoms with Crippen molar-refractivity contribution in [3.8, 4) is 5.75 Å². The Bertz CT molecular complexity index is 625. The van der Waals surface area contributed by atoms with Crippen molar-refractivity contribution in [3.63, 3.8) is 0 Å². The summed E-state index contributed by atoms with van der Waals surface area (Å²) in [7, 11) is 0. The first-order valence-corrected chi connectivity index (χ1v) is 7.00. The van der Waals surface area contributed by atoms with Gasteiger partial charge in [-0.05, 0) is 31.2 Å². The number of Topliss-reactive ketones (excluding diaryl/α,β-unsaturated/α-hetero) is 1. The molecule has 1 N–H and O–H groups in total. The Balaban J connectivity index is 1.80. The summed E-state index contributed by atoms with van der Waals surface area (Å²) in [6, 6.07) is 5.81. The molecule has 8 nitrogen and oxygen atoms in total. The lowest BCUT2D eigenvalue weighted by Gasteiger charge is -2.12. The molecule has 0 saturated carbocycles. The van der Waals surface area contributed by atoms with Crippen LogP contribution in [0.4, 0.5) is 4.79 Å². The molecule has 1 saturated heterocycles. The van der Waals surface area contributed by atoms with E-state index in [2.05, 4.69) is 0 Å². The van der Waals surface area contributed by atoms with Gasteiger partial charge in [0.25, 0.3) is 0 Å². The van der Waals surface area contributed by atoms with Crippen LogP contribution in [0.1, 0.15) is 17.3 Å². The van der Waals surface area contributed by atoms with Crippen molar-refractivity contribution in [3.05, 3.63) is 29.8 Å². The second-order valence-electron chi connectivity index (χ2n) is 4.75. The molecule has 23 heavy (non-hydrogen) atoms. The topological polar surface area (TPSA) is 102 Å². The highest BCUT2D eigenvalue weighted by Crippen LogP contribution is 2.12. The molecule has 122 valence electrons. The Labute approximate surface area is 132 Å². The fourth-order valence-corrected chi connectivity index (χ4v) is 1.95. The lowest BCUT2D eigenvalue weighted by molar-refractivity contribution is -0.143. The third-order valence-electron chi connectivity index (χ3n) is 3.04. The molecule has 1 aliphatic rings. The molecule has 1 aromatic rings. The normalized spacial score (nSPS) is 13.7. The average Bonchev–Trinajstić information content (AvgIpc) is 2.83. The third-order valence-corrected chi connectivity index (χ3v) is 3.04. The van der Waals surface area contributed by atoms with E-state index in [1.54, 1.807) is 24.3 Å². The molecule has 1 aromatic carbocycles. The van der Waals surface area contributed by atoms with E-state index in [9.17, 15) is 19.2 Å². The van der Waals surface area contributed by atoms with Gasteiger partial charge in [0.2, 0.25) is 5.91 Å². The van der Waals surface area contributed by atoms with Gasteiger partial charge in [-0.3, -0.25) is 19.7 Å². The molecule has 2 rings (SSSR count). The summed E-state index contributed by atoms with van der Waals surface area (Å²) >= 11 is 0. The first-order chi connectivity index (χ1) is 11.0. The SMILES string of the molecule is CCOc1ccc(C(=O)COC(=O)CN2CC(=O)NC2=O)cc1. The van der Waals surface area contributed by atoms with E-state index in [-0.39, 0.29) is 18.9 Å². The molecule has 0 atom stereocenters. The number of amides is 3. The fourth-order valence-electron chi connectivity index (χ4n) is 1.95. The van der Waals surface area contributed by atoms with Gasteiger partial charge in [-0.1, -0.05) is 0 Å². The molecule has 0 aromatic heterocycles. The maximum Gasteiger partial charge on any atom is 0.326 e.